The van der Waals surface area contributed by atoms with Crippen LogP contribution in [0.2, 0.25) is 5.02 Å². The van der Waals surface area contributed by atoms with Gasteiger partial charge < -0.3 is 10.6 Å². The molecule has 2 rings (SSSR count). The fraction of sp³-hybridized carbons (Fsp3) is 0.647. The Bertz CT molecular complexity index is 492. The zero-order valence-corrected chi connectivity index (χ0v) is 14.0. The Morgan fingerprint density at radius 2 is 2.19 bits per heavy atom. The summed E-state index contributed by atoms with van der Waals surface area (Å²) in [7, 11) is 4.24. The minimum absolute atomic E-state index is 0.0248. The van der Waals surface area contributed by atoms with Crippen molar-refractivity contribution in [1.82, 2.24) is 4.90 Å². The number of benzene rings is 1. The van der Waals surface area contributed by atoms with E-state index < -0.39 is 0 Å². The van der Waals surface area contributed by atoms with Gasteiger partial charge in [0.05, 0.1) is 5.02 Å². The Hall–Kier alpha value is -0.640. The summed E-state index contributed by atoms with van der Waals surface area (Å²) in [5.41, 5.74) is 7.62. The molecule has 0 amide bonds. The van der Waals surface area contributed by atoms with Gasteiger partial charge in [-0.2, -0.15) is 0 Å². The maximum atomic E-state index is 13.3. The van der Waals surface area contributed by atoms with Crippen molar-refractivity contribution in [2.24, 2.45) is 11.7 Å². The molecule has 1 aliphatic rings. The van der Waals surface area contributed by atoms with Gasteiger partial charge in [0.25, 0.3) is 0 Å². The molecule has 0 bridgehead atoms. The molecule has 3 atom stereocenters. The number of hydrogen-bond donors (Lipinski definition) is 1. The van der Waals surface area contributed by atoms with Gasteiger partial charge >= 0.3 is 0 Å². The Labute approximate surface area is 132 Å². The predicted octanol–water partition coefficient (Wildman–Crippen LogP) is 3.86. The van der Waals surface area contributed by atoms with E-state index in [1.807, 2.05) is 0 Å². The van der Waals surface area contributed by atoms with Gasteiger partial charge in [-0.25, -0.2) is 4.39 Å². The normalized spacial score (nSPS) is 27.9. The van der Waals surface area contributed by atoms with E-state index in [2.05, 4.69) is 25.9 Å². The highest BCUT2D eigenvalue weighted by molar-refractivity contribution is 6.30. The molecule has 2 N–H and O–H groups in total. The standard InChI is InChI=1S/C17H26ClFN2/c1-12-5-4-8-17(11-12,21(2)3)16(20)10-13-6-7-15(19)14(18)9-13/h6-7,9,12,16H,4-5,8,10-11,20H2,1-3H3. The average Bonchev–Trinajstić information content (AvgIpc) is 2.42. The second-order valence-corrected chi connectivity index (χ2v) is 7.17. The van der Waals surface area contributed by atoms with Crippen LogP contribution in [0.15, 0.2) is 18.2 Å². The monoisotopic (exact) mass is 312 g/mol. The first kappa shape index (κ1) is 16.7. The topological polar surface area (TPSA) is 29.3 Å². The third-order valence-electron chi connectivity index (χ3n) is 5.03. The van der Waals surface area contributed by atoms with E-state index in [0.29, 0.717) is 5.92 Å². The van der Waals surface area contributed by atoms with Gasteiger partial charge in [-0.15, -0.1) is 0 Å². The highest BCUT2D eigenvalue weighted by atomic mass is 35.5. The number of nitrogens with two attached hydrogens (primary N) is 1. The summed E-state index contributed by atoms with van der Waals surface area (Å²) < 4.78 is 13.3. The molecule has 1 fully saturated rings. The molecule has 0 aliphatic heterocycles. The number of hydrogen-bond acceptors (Lipinski definition) is 2. The summed E-state index contributed by atoms with van der Waals surface area (Å²) in [5.74, 6) is 0.326. The van der Waals surface area contributed by atoms with Gasteiger partial charge in [-0.1, -0.05) is 37.4 Å². The van der Waals surface area contributed by atoms with Gasteiger partial charge in [-0.05, 0) is 57.0 Å². The maximum Gasteiger partial charge on any atom is 0.141 e. The lowest BCUT2D eigenvalue weighted by Gasteiger charge is -2.49. The first-order valence-corrected chi connectivity index (χ1v) is 8.10. The smallest absolute Gasteiger partial charge is 0.141 e. The summed E-state index contributed by atoms with van der Waals surface area (Å²) in [6, 6.07) is 4.94. The van der Waals surface area contributed by atoms with E-state index in [0.717, 1.165) is 24.8 Å². The number of likely N-dealkylation sites (N-methyl/N-ethyl adjacent to an activating group) is 1. The Balaban J connectivity index is 2.18. The van der Waals surface area contributed by atoms with Crippen molar-refractivity contribution in [3.05, 3.63) is 34.6 Å². The van der Waals surface area contributed by atoms with E-state index >= 15 is 0 Å². The van der Waals surface area contributed by atoms with Crippen LogP contribution in [0, 0.1) is 11.7 Å². The van der Waals surface area contributed by atoms with Crippen molar-refractivity contribution < 1.29 is 4.39 Å². The average molecular weight is 313 g/mol. The van der Waals surface area contributed by atoms with Gasteiger partial charge in [0.15, 0.2) is 0 Å². The SMILES string of the molecule is CC1CCCC(C(N)Cc2ccc(F)c(Cl)c2)(N(C)C)C1. The van der Waals surface area contributed by atoms with Crippen molar-refractivity contribution in [1.29, 1.82) is 0 Å². The predicted molar refractivity (Wildman–Crippen MR) is 87.1 cm³/mol. The van der Waals surface area contributed by atoms with Crippen LogP contribution in [0.1, 0.15) is 38.2 Å². The Morgan fingerprint density at radius 3 is 2.76 bits per heavy atom. The lowest BCUT2D eigenvalue weighted by molar-refractivity contribution is 0.0504. The van der Waals surface area contributed by atoms with Gasteiger partial charge in [0, 0.05) is 11.6 Å². The van der Waals surface area contributed by atoms with Crippen LogP contribution >= 0.6 is 11.6 Å². The van der Waals surface area contributed by atoms with Crippen molar-refractivity contribution in [2.45, 2.75) is 50.6 Å². The van der Waals surface area contributed by atoms with Crippen LogP contribution in [-0.4, -0.2) is 30.6 Å². The molecule has 1 aromatic carbocycles. The van der Waals surface area contributed by atoms with Crippen LogP contribution in [-0.2, 0) is 6.42 Å². The fourth-order valence-electron chi connectivity index (χ4n) is 3.75. The molecular formula is C17H26ClFN2. The maximum absolute atomic E-state index is 13.3. The van der Waals surface area contributed by atoms with Crippen LogP contribution in [0.5, 0.6) is 0 Å². The molecule has 21 heavy (non-hydrogen) atoms. The third kappa shape index (κ3) is 3.58. The Kier molecular flexibility index (Phi) is 5.29. The van der Waals surface area contributed by atoms with Gasteiger partial charge in [0.2, 0.25) is 0 Å². The van der Waals surface area contributed by atoms with E-state index in [1.165, 1.54) is 18.9 Å². The van der Waals surface area contributed by atoms with Crippen molar-refractivity contribution >= 4 is 11.6 Å². The van der Waals surface area contributed by atoms with Crippen molar-refractivity contribution in [3.63, 3.8) is 0 Å². The molecule has 1 aliphatic carbocycles. The van der Waals surface area contributed by atoms with Crippen molar-refractivity contribution in [3.8, 4) is 0 Å². The molecule has 1 saturated carbocycles. The first-order chi connectivity index (χ1) is 9.85. The van der Waals surface area contributed by atoms with E-state index in [4.69, 9.17) is 17.3 Å². The van der Waals surface area contributed by atoms with E-state index in [-0.39, 0.29) is 22.4 Å². The molecule has 118 valence electrons. The van der Waals surface area contributed by atoms with Crippen LogP contribution in [0.3, 0.4) is 0 Å². The second-order valence-electron chi connectivity index (χ2n) is 6.76. The molecule has 0 radical (unpaired) electrons. The minimum atomic E-state index is -0.373. The molecule has 0 aromatic heterocycles. The summed E-state index contributed by atoms with van der Waals surface area (Å²) in [5, 5.41) is 0.176. The van der Waals surface area contributed by atoms with Crippen LogP contribution in [0.4, 0.5) is 4.39 Å². The molecule has 0 saturated heterocycles. The second kappa shape index (κ2) is 6.64. The summed E-state index contributed by atoms with van der Waals surface area (Å²) in [4.78, 5) is 2.29. The van der Waals surface area contributed by atoms with Crippen LogP contribution in [0.25, 0.3) is 0 Å². The van der Waals surface area contributed by atoms with Crippen molar-refractivity contribution in [2.75, 3.05) is 14.1 Å². The number of nitrogens with zero attached hydrogens (tertiary/aromatic N) is 1. The van der Waals surface area contributed by atoms with Gasteiger partial charge in [-0.3, -0.25) is 0 Å². The molecule has 3 unspecified atom stereocenters. The number of rotatable bonds is 4. The van der Waals surface area contributed by atoms with E-state index in [1.54, 1.807) is 12.1 Å². The molecule has 2 nitrogen and oxygen atoms in total. The van der Waals surface area contributed by atoms with Crippen LogP contribution < -0.4 is 5.73 Å². The minimum Gasteiger partial charge on any atom is -0.326 e. The molecule has 4 heteroatoms. The summed E-state index contributed by atoms with van der Waals surface area (Å²) in [6.07, 6.45) is 5.48. The lowest BCUT2D eigenvalue weighted by Crippen LogP contribution is -2.60. The van der Waals surface area contributed by atoms with E-state index in [9.17, 15) is 4.39 Å². The fourth-order valence-corrected chi connectivity index (χ4v) is 3.95. The largest absolute Gasteiger partial charge is 0.326 e. The first-order valence-electron chi connectivity index (χ1n) is 7.72. The van der Waals surface area contributed by atoms with Gasteiger partial charge in [0.1, 0.15) is 5.82 Å². The molecule has 0 heterocycles. The lowest BCUT2D eigenvalue weighted by atomic mass is 9.70. The zero-order valence-electron chi connectivity index (χ0n) is 13.2. The molecule has 1 aromatic rings. The zero-order chi connectivity index (χ0) is 15.6. The Morgan fingerprint density at radius 1 is 1.48 bits per heavy atom. The highest BCUT2D eigenvalue weighted by Gasteiger charge is 2.41. The molecular weight excluding hydrogens is 287 g/mol. The third-order valence-corrected chi connectivity index (χ3v) is 5.32. The summed E-state index contributed by atoms with van der Waals surface area (Å²) >= 11 is 5.88. The summed E-state index contributed by atoms with van der Waals surface area (Å²) in [6.45, 7) is 2.30. The number of halogens is 2. The quantitative estimate of drug-likeness (QED) is 0.914. The highest BCUT2D eigenvalue weighted by Crippen LogP contribution is 2.38. The molecule has 0 spiro atoms.